The number of nitrogen functional groups attached to an aromatic ring is 1. The fourth-order valence-corrected chi connectivity index (χ4v) is 4.33. The number of aromatic nitrogens is 2. The zero-order valence-corrected chi connectivity index (χ0v) is 14.4. The van der Waals surface area contributed by atoms with Gasteiger partial charge in [-0.3, -0.25) is 4.79 Å². The zero-order chi connectivity index (χ0) is 17.6. The number of anilines is 2. The summed E-state index contributed by atoms with van der Waals surface area (Å²) in [6, 6.07) is 8.56. The Hall–Kier alpha value is -2.47. The van der Waals surface area contributed by atoms with Crippen LogP contribution in [-0.2, 0) is 6.42 Å². The second-order valence-electron chi connectivity index (χ2n) is 7.23. The molecule has 2 aliphatic rings. The van der Waals surface area contributed by atoms with E-state index >= 15 is 0 Å². The van der Waals surface area contributed by atoms with Crippen molar-refractivity contribution in [2.75, 3.05) is 23.7 Å². The Bertz CT molecular complexity index is 826. The predicted octanol–water partition coefficient (Wildman–Crippen LogP) is 2.10. The molecule has 2 heterocycles. The molecule has 1 saturated heterocycles. The third kappa shape index (κ3) is 2.57. The molecule has 0 amide bonds. The van der Waals surface area contributed by atoms with Crippen LogP contribution in [0.4, 0.5) is 11.6 Å². The number of ketones is 1. The Morgan fingerprint density at radius 1 is 1.28 bits per heavy atom. The minimum Gasteiger partial charge on any atom is -0.382 e. The molecule has 0 bridgehead atoms. The van der Waals surface area contributed by atoms with Gasteiger partial charge in [0.05, 0.1) is 6.20 Å². The van der Waals surface area contributed by atoms with E-state index in [2.05, 4.69) is 39.1 Å². The summed E-state index contributed by atoms with van der Waals surface area (Å²) >= 11 is 0. The lowest BCUT2D eigenvalue weighted by Gasteiger charge is -2.42. The Kier molecular flexibility index (Phi) is 3.72. The summed E-state index contributed by atoms with van der Waals surface area (Å²) in [6.07, 6.45) is 4.41. The Morgan fingerprint density at radius 3 is 2.68 bits per heavy atom. The molecule has 0 radical (unpaired) electrons. The minimum absolute atomic E-state index is 0.0741. The zero-order valence-electron chi connectivity index (χ0n) is 14.4. The van der Waals surface area contributed by atoms with Crippen LogP contribution in [0.3, 0.4) is 0 Å². The normalized spacial score (nSPS) is 21.4. The van der Waals surface area contributed by atoms with Crippen LogP contribution >= 0.6 is 0 Å². The van der Waals surface area contributed by atoms with Crippen LogP contribution in [0.1, 0.15) is 47.4 Å². The Balaban J connectivity index is 1.57. The summed E-state index contributed by atoms with van der Waals surface area (Å²) in [4.78, 5) is 22.6. The molecule has 0 unspecified atom stereocenters. The van der Waals surface area contributed by atoms with Crippen LogP contribution in [0.5, 0.6) is 0 Å². The van der Waals surface area contributed by atoms with Crippen molar-refractivity contribution >= 4 is 17.4 Å². The summed E-state index contributed by atoms with van der Waals surface area (Å²) in [7, 11) is 0. The van der Waals surface area contributed by atoms with E-state index in [0.717, 1.165) is 32.4 Å². The van der Waals surface area contributed by atoms with Crippen molar-refractivity contribution in [3.63, 3.8) is 0 Å². The van der Waals surface area contributed by atoms with Gasteiger partial charge in [0.1, 0.15) is 11.5 Å². The van der Waals surface area contributed by atoms with Crippen LogP contribution in [0.2, 0.25) is 0 Å². The summed E-state index contributed by atoms with van der Waals surface area (Å²) < 4.78 is 0. The van der Waals surface area contributed by atoms with Crippen molar-refractivity contribution in [3.8, 4) is 0 Å². The molecule has 6 nitrogen and oxygen atoms in total. The highest BCUT2D eigenvalue weighted by Crippen LogP contribution is 2.50. The average molecular weight is 337 g/mol. The summed E-state index contributed by atoms with van der Waals surface area (Å²) in [5.74, 6) is 0.851. The second-order valence-corrected chi connectivity index (χ2v) is 7.23. The number of hydrogen-bond donors (Lipinski definition) is 2. The number of carbonyl (C=O) groups excluding carboxylic acids is 1. The lowest BCUT2D eigenvalue weighted by molar-refractivity contribution is 0.101. The molecule has 1 atom stereocenters. The van der Waals surface area contributed by atoms with E-state index in [4.69, 9.17) is 11.5 Å². The molecule has 25 heavy (non-hydrogen) atoms. The van der Waals surface area contributed by atoms with E-state index in [1.165, 1.54) is 24.2 Å². The number of benzene rings is 1. The van der Waals surface area contributed by atoms with E-state index in [0.29, 0.717) is 17.3 Å². The SMILES string of the molecule is CC(=O)c1ncc(N)nc1N1CCC2(CC1)Cc1ccccc1[C@H]2N. The number of carbonyl (C=O) groups is 1. The summed E-state index contributed by atoms with van der Waals surface area (Å²) in [5, 5.41) is 0. The number of piperidine rings is 1. The van der Waals surface area contributed by atoms with Gasteiger partial charge in [0, 0.05) is 26.1 Å². The van der Waals surface area contributed by atoms with Crippen LogP contribution in [-0.4, -0.2) is 28.8 Å². The summed E-state index contributed by atoms with van der Waals surface area (Å²) in [5.41, 5.74) is 15.6. The first-order chi connectivity index (χ1) is 12.0. The van der Waals surface area contributed by atoms with Crippen molar-refractivity contribution in [1.82, 2.24) is 9.97 Å². The van der Waals surface area contributed by atoms with Crippen molar-refractivity contribution in [1.29, 1.82) is 0 Å². The van der Waals surface area contributed by atoms with Crippen molar-refractivity contribution in [3.05, 3.63) is 47.3 Å². The highest BCUT2D eigenvalue weighted by atomic mass is 16.1. The average Bonchev–Trinajstić information content (AvgIpc) is 2.88. The van der Waals surface area contributed by atoms with Gasteiger partial charge in [-0.15, -0.1) is 0 Å². The third-order valence-corrected chi connectivity index (χ3v) is 5.76. The standard InChI is InChI=1S/C19H23N5O/c1-12(25)16-18(23-15(20)11-22-16)24-8-6-19(7-9-24)10-13-4-2-3-5-14(13)17(19)21/h2-5,11,17H,6-10,21H2,1H3,(H2,20,23)/t17-/m1/s1. The van der Waals surface area contributed by atoms with Crippen LogP contribution < -0.4 is 16.4 Å². The lowest BCUT2D eigenvalue weighted by Crippen LogP contribution is -2.45. The Morgan fingerprint density at radius 2 is 2.00 bits per heavy atom. The molecule has 1 fully saturated rings. The minimum atomic E-state index is -0.0900. The molecule has 1 aromatic heterocycles. The van der Waals surface area contributed by atoms with Crippen molar-refractivity contribution < 1.29 is 4.79 Å². The lowest BCUT2D eigenvalue weighted by atomic mass is 9.73. The number of hydrogen-bond acceptors (Lipinski definition) is 6. The van der Waals surface area contributed by atoms with Gasteiger partial charge in [0.25, 0.3) is 0 Å². The second kappa shape index (κ2) is 5.81. The maximum Gasteiger partial charge on any atom is 0.181 e. The van der Waals surface area contributed by atoms with Gasteiger partial charge in [0.15, 0.2) is 11.6 Å². The summed E-state index contributed by atoms with van der Waals surface area (Å²) in [6.45, 7) is 3.12. The molecule has 1 spiro atoms. The number of fused-ring (bicyclic) bond motifs is 1. The van der Waals surface area contributed by atoms with E-state index < -0.39 is 0 Å². The molecule has 1 aliphatic carbocycles. The van der Waals surface area contributed by atoms with Gasteiger partial charge in [-0.05, 0) is 35.8 Å². The van der Waals surface area contributed by atoms with Crippen molar-refractivity contribution in [2.45, 2.75) is 32.2 Å². The van der Waals surface area contributed by atoms with Gasteiger partial charge in [-0.1, -0.05) is 24.3 Å². The van der Waals surface area contributed by atoms with E-state index in [1.807, 2.05) is 0 Å². The Labute approximate surface area is 147 Å². The maximum absolute atomic E-state index is 11.9. The van der Waals surface area contributed by atoms with Gasteiger partial charge >= 0.3 is 0 Å². The van der Waals surface area contributed by atoms with Gasteiger partial charge in [-0.25, -0.2) is 9.97 Å². The molecule has 6 heteroatoms. The van der Waals surface area contributed by atoms with Gasteiger partial charge in [0.2, 0.25) is 0 Å². The molecule has 0 saturated carbocycles. The fraction of sp³-hybridized carbons (Fsp3) is 0.421. The van der Waals surface area contributed by atoms with Gasteiger partial charge in [-0.2, -0.15) is 0 Å². The van der Waals surface area contributed by atoms with Crippen LogP contribution in [0.15, 0.2) is 30.5 Å². The molecule has 1 aliphatic heterocycles. The topological polar surface area (TPSA) is 98.1 Å². The first kappa shape index (κ1) is 16.0. The number of nitrogens with two attached hydrogens (primary N) is 2. The molecular weight excluding hydrogens is 314 g/mol. The largest absolute Gasteiger partial charge is 0.382 e. The number of Topliss-reactive ketones (excluding diaryl/α,β-unsaturated/α-hetero) is 1. The highest BCUT2D eigenvalue weighted by Gasteiger charge is 2.46. The predicted molar refractivity (Wildman–Crippen MR) is 97.4 cm³/mol. The molecule has 130 valence electrons. The monoisotopic (exact) mass is 337 g/mol. The van der Waals surface area contributed by atoms with Crippen LogP contribution in [0.25, 0.3) is 0 Å². The molecule has 1 aromatic carbocycles. The van der Waals surface area contributed by atoms with Crippen LogP contribution in [0, 0.1) is 5.41 Å². The highest BCUT2D eigenvalue weighted by molar-refractivity contribution is 5.97. The quantitative estimate of drug-likeness (QED) is 0.815. The molecule has 2 aromatic rings. The number of rotatable bonds is 2. The third-order valence-electron chi connectivity index (χ3n) is 5.76. The maximum atomic E-state index is 11.9. The fourth-order valence-electron chi connectivity index (χ4n) is 4.33. The molecule has 4 N–H and O–H groups in total. The van der Waals surface area contributed by atoms with Gasteiger partial charge < -0.3 is 16.4 Å². The number of nitrogens with zero attached hydrogens (tertiary/aromatic N) is 3. The molecular formula is C19H23N5O. The first-order valence-corrected chi connectivity index (χ1v) is 8.72. The van der Waals surface area contributed by atoms with E-state index in [-0.39, 0.29) is 17.2 Å². The first-order valence-electron chi connectivity index (χ1n) is 8.72. The van der Waals surface area contributed by atoms with E-state index in [9.17, 15) is 4.79 Å². The van der Waals surface area contributed by atoms with Crippen molar-refractivity contribution in [2.24, 2.45) is 11.1 Å². The smallest absolute Gasteiger partial charge is 0.181 e. The van der Waals surface area contributed by atoms with E-state index in [1.54, 1.807) is 0 Å². The molecule has 4 rings (SSSR count).